The number of hydrogen-bond donors (Lipinski definition) is 0. The monoisotopic (exact) mass is 493 g/mol. The number of rotatable bonds is 4. The summed E-state index contributed by atoms with van der Waals surface area (Å²) >= 11 is 6.27. The summed E-state index contributed by atoms with van der Waals surface area (Å²) in [5, 5.41) is -0.125. The topological polar surface area (TPSA) is 56.3 Å². The average molecular weight is 494 g/mol. The van der Waals surface area contributed by atoms with Gasteiger partial charge in [0, 0.05) is 11.8 Å². The van der Waals surface area contributed by atoms with Crippen LogP contribution in [0.15, 0.2) is 60.8 Å². The molecule has 9 heteroatoms. The Morgan fingerprint density at radius 1 is 1.03 bits per heavy atom. The second-order valence-electron chi connectivity index (χ2n) is 8.03. The van der Waals surface area contributed by atoms with Gasteiger partial charge in [0.05, 0.1) is 21.2 Å². The molecule has 0 amide bonds. The summed E-state index contributed by atoms with van der Waals surface area (Å²) in [4.78, 5) is 3.67. The molecule has 2 heterocycles. The summed E-state index contributed by atoms with van der Waals surface area (Å²) < 4.78 is 73.7. The van der Waals surface area contributed by atoms with Gasteiger partial charge in [-0.2, -0.15) is 13.2 Å². The summed E-state index contributed by atoms with van der Waals surface area (Å²) in [6.45, 7) is 2.75. The molecule has 0 unspecified atom stereocenters. The number of ether oxygens (including phenoxy) is 1. The highest BCUT2D eigenvalue weighted by molar-refractivity contribution is 8.01. The predicted octanol–water partition coefficient (Wildman–Crippen LogP) is 6.49. The Bertz CT molecular complexity index is 1350. The van der Waals surface area contributed by atoms with Gasteiger partial charge in [-0.25, -0.2) is 8.42 Å². The van der Waals surface area contributed by atoms with Crippen LogP contribution < -0.4 is 4.74 Å². The number of benzene rings is 2. The summed E-state index contributed by atoms with van der Waals surface area (Å²) in [7, 11) is -4.31. The fourth-order valence-corrected chi connectivity index (χ4v) is 5.71. The van der Waals surface area contributed by atoms with Crippen molar-refractivity contribution in [3.63, 3.8) is 0 Å². The molecular weight excluding hydrogens is 475 g/mol. The van der Waals surface area contributed by atoms with Gasteiger partial charge in [-0.15, -0.1) is 0 Å². The number of hydrogen-bond acceptors (Lipinski definition) is 4. The molecular formula is C24H19ClF3NO3S. The molecule has 172 valence electrons. The standard InChI is InChI=1S/C24H19ClF3NO3S/c1-23(2)22-16(9-6-12-29-22)13-19(33(23,30)31)20-17(24(26,27)28)10-11-18(25)21(20)32-14-15-7-4-3-5-8-15/h3-13H,14H2,1-2H3. The number of sulfone groups is 1. The third kappa shape index (κ3) is 4.02. The molecule has 0 bridgehead atoms. The quantitative estimate of drug-likeness (QED) is 0.416. The normalized spacial score (nSPS) is 16.6. The zero-order chi connectivity index (χ0) is 24.0. The molecule has 0 fully saturated rings. The molecule has 0 atom stereocenters. The Morgan fingerprint density at radius 3 is 2.39 bits per heavy atom. The number of aromatic nitrogens is 1. The highest BCUT2D eigenvalue weighted by atomic mass is 35.5. The van der Waals surface area contributed by atoms with E-state index in [1.54, 1.807) is 42.5 Å². The molecule has 1 aliphatic heterocycles. The van der Waals surface area contributed by atoms with Crippen molar-refractivity contribution in [2.24, 2.45) is 0 Å². The Labute approximate surface area is 194 Å². The maximum absolute atomic E-state index is 14.1. The maximum Gasteiger partial charge on any atom is 0.417 e. The van der Waals surface area contributed by atoms with Crippen molar-refractivity contribution in [3.05, 3.63) is 93.8 Å². The van der Waals surface area contributed by atoms with Crippen LogP contribution in [0.1, 0.15) is 41.8 Å². The lowest BCUT2D eigenvalue weighted by Crippen LogP contribution is -2.34. The molecule has 0 spiro atoms. The molecule has 0 N–H and O–H groups in total. The summed E-state index contributed by atoms with van der Waals surface area (Å²) in [5.74, 6) is -0.340. The van der Waals surface area contributed by atoms with Crippen molar-refractivity contribution in [1.29, 1.82) is 0 Å². The molecule has 1 aromatic heterocycles. The maximum atomic E-state index is 14.1. The van der Waals surface area contributed by atoms with E-state index in [4.69, 9.17) is 16.3 Å². The first-order valence-corrected chi connectivity index (χ1v) is 11.8. The fraction of sp³-hybridized carbons (Fsp3) is 0.208. The molecule has 0 saturated carbocycles. The van der Waals surface area contributed by atoms with Gasteiger partial charge in [0.2, 0.25) is 0 Å². The van der Waals surface area contributed by atoms with Crippen LogP contribution in [0.3, 0.4) is 0 Å². The molecule has 1 aliphatic rings. The molecule has 33 heavy (non-hydrogen) atoms. The van der Waals surface area contributed by atoms with Gasteiger partial charge in [0.15, 0.2) is 9.84 Å². The van der Waals surface area contributed by atoms with Crippen molar-refractivity contribution in [1.82, 2.24) is 4.98 Å². The molecule has 3 aromatic rings. The van der Waals surface area contributed by atoms with E-state index in [2.05, 4.69) is 4.98 Å². The first-order valence-electron chi connectivity index (χ1n) is 9.93. The zero-order valence-corrected chi connectivity index (χ0v) is 19.2. The minimum absolute atomic E-state index is 0.0935. The molecule has 4 nitrogen and oxygen atoms in total. The minimum atomic E-state index is -4.85. The smallest absolute Gasteiger partial charge is 0.417 e. The van der Waals surface area contributed by atoms with Crippen LogP contribution in [0.5, 0.6) is 5.75 Å². The van der Waals surface area contributed by atoms with Gasteiger partial charge in [-0.1, -0.05) is 48.0 Å². The van der Waals surface area contributed by atoms with Crippen molar-refractivity contribution in [2.75, 3.05) is 0 Å². The summed E-state index contributed by atoms with van der Waals surface area (Å²) in [6.07, 6.45) is -2.19. The van der Waals surface area contributed by atoms with Gasteiger partial charge in [0.25, 0.3) is 0 Å². The van der Waals surface area contributed by atoms with E-state index < -0.39 is 36.8 Å². The number of pyridine rings is 1. The lowest BCUT2D eigenvalue weighted by atomic mass is 9.98. The largest absolute Gasteiger partial charge is 0.487 e. The van der Waals surface area contributed by atoms with E-state index in [1.165, 1.54) is 26.1 Å². The summed E-state index contributed by atoms with van der Waals surface area (Å²) in [5.41, 5.74) is -0.390. The van der Waals surface area contributed by atoms with Gasteiger partial charge in [-0.05, 0) is 49.2 Å². The predicted molar refractivity (Wildman–Crippen MR) is 121 cm³/mol. The van der Waals surface area contributed by atoms with Crippen LogP contribution in [0.2, 0.25) is 5.02 Å². The third-order valence-corrected chi connectivity index (χ3v) is 8.28. The second-order valence-corrected chi connectivity index (χ2v) is 10.9. The summed E-state index contributed by atoms with van der Waals surface area (Å²) in [6, 6.07) is 13.8. The van der Waals surface area contributed by atoms with Gasteiger partial charge in [0.1, 0.15) is 17.1 Å². The molecule has 0 aliphatic carbocycles. The minimum Gasteiger partial charge on any atom is -0.487 e. The van der Waals surface area contributed by atoms with Gasteiger partial charge in [-0.3, -0.25) is 4.98 Å². The van der Waals surface area contributed by atoms with Crippen molar-refractivity contribution in [3.8, 4) is 5.75 Å². The van der Waals surface area contributed by atoms with E-state index in [0.29, 0.717) is 11.1 Å². The highest BCUT2D eigenvalue weighted by Gasteiger charge is 2.48. The van der Waals surface area contributed by atoms with Crippen LogP contribution in [-0.2, 0) is 27.4 Å². The Kier molecular flexibility index (Phi) is 5.78. The second kappa shape index (κ2) is 8.18. The third-order valence-electron chi connectivity index (χ3n) is 5.54. The van der Waals surface area contributed by atoms with E-state index in [0.717, 1.165) is 12.1 Å². The van der Waals surface area contributed by atoms with E-state index in [1.807, 2.05) is 0 Å². The number of fused-ring (bicyclic) bond motifs is 1. The van der Waals surface area contributed by atoms with Crippen LogP contribution in [-0.4, -0.2) is 13.4 Å². The molecule has 4 rings (SSSR count). The Balaban J connectivity index is 1.99. The average Bonchev–Trinajstić information content (AvgIpc) is 2.75. The zero-order valence-electron chi connectivity index (χ0n) is 17.7. The number of alkyl halides is 3. The number of nitrogens with zero attached hydrogens (tertiary/aromatic N) is 1. The highest BCUT2D eigenvalue weighted by Crippen LogP contribution is 2.51. The molecule has 0 saturated heterocycles. The van der Waals surface area contributed by atoms with Crippen molar-refractivity contribution in [2.45, 2.75) is 31.4 Å². The van der Waals surface area contributed by atoms with Crippen molar-refractivity contribution < 1.29 is 26.3 Å². The SMILES string of the molecule is CC1(C)c2ncccc2C=C(c2c(C(F)(F)F)ccc(Cl)c2OCc2ccccc2)S1(=O)=O. The van der Waals surface area contributed by atoms with Crippen LogP contribution in [0.25, 0.3) is 11.0 Å². The first-order chi connectivity index (χ1) is 15.4. The lowest BCUT2D eigenvalue weighted by Gasteiger charge is -2.32. The molecule has 0 radical (unpaired) electrons. The number of halogens is 4. The van der Waals surface area contributed by atoms with Gasteiger partial charge < -0.3 is 4.74 Å². The first kappa shape index (κ1) is 23.3. The van der Waals surface area contributed by atoms with Crippen LogP contribution >= 0.6 is 11.6 Å². The fourth-order valence-electron chi connectivity index (χ4n) is 3.77. The Morgan fingerprint density at radius 2 is 1.73 bits per heavy atom. The molecule has 2 aromatic carbocycles. The van der Waals surface area contributed by atoms with E-state index in [9.17, 15) is 21.6 Å². The lowest BCUT2D eigenvalue weighted by molar-refractivity contribution is -0.137. The van der Waals surface area contributed by atoms with Crippen LogP contribution in [0, 0.1) is 0 Å². The van der Waals surface area contributed by atoms with Crippen LogP contribution in [0.4, 0.5) is 13.2 Å². The van der Waals surface area contributed by atoms with Crippen molar-refractivity contribution >= 4 is 32.4 Å². The van der Waals surface area contributed by atoms with E-state index in [-0.39, 0.29) is 23.1 Å². The Hall–Kier alpha value is -2.84. The van der Waals surface area contributed by atoms with E-state index >= 15 is 0 Å². The van der Waals surface area contributed by atoms with Gasteiger partial charge >= 0.3 is 6.18 Å².